The Bertz CT molecular complexity index is 677. The van der Waals surface area contributed by atoms with Gasteiger partial charge < -0.3 is 9.42 Å². The van der Waals surface area contributed by atoms with Gasteiger partial charge in [0.2, 0.25) is 5.89 Å². The molecule has 0 N–H and O–H groups in total. The van der Waals surface area contributed by atoms with Gasteiger partial charge in [-0.1, -0.05) is 5.16 Å². The molecule has 114 valence electrons. The maximum absolute atomic E-state index is 9.21. The van der Waals surface area contributed by atoms with E-state index in [0.717, 1.165) is 44.2 Å². The summed E-state index contributed by atoms with van der Waals surface area (Å²) in [5, 5.41) is 13.2. The van der Waals surface area contributed by atoms with E-state index in [9.17, 15) is 5.26 Å². The highest BCUT2D eigenvalue weighted by atomic mass is 16.5. The van der Waals surface area contributed by atoms with E-state index in [4.69, 9.17) is 4.52 Å². The van der Waals surface area contributed by atoms with Crippen molar-refractivity contribution in [1.29, 1.82) is 5.26 Å². The Morgan fingerprint density at radius 2 is 2.23 bits per heavy atom. The summed E-state index contributed by atoms with van der Waals surface area (Å²) in [6.07, 6.45) is 2.75. The molecule has 2 aromatic rings. The van der Waals surface area contributed by atoms with Crippen LogP contribution in [0.3, 0.4) is 0 Å². The van der Waals surface area contributed by atoms with Gasteiger partial charge in [0, 0.05) is 39.3 Å². The van der Waals surface area contributed by atoms with Gasteiger partial charge in [-0.25, -0.2) is 4.98 Å². The zero-order chi connectivity index (χ0) is 15.4. The molecule has 1 fully saturated rings. The van der Waals surface area contributed by atoms with E-state index in [1.54, 1.807) is 19.2 Å². The first kappa shape index (κ1) is 14.5. The molecule has 3 rings (SSSR count). The van der Waals surface area contributed by atoms with E-state index in [2.05, 4.69) is 31.0 Å². The maximum atomic E-state index is 9.21. The van der Waals surface area contributed by atoms with Crippen LogP contribution in [0, 0.1) is 18.3 Å². The highest BCUT2D eigenvalue weighted by Gasteiger charge is 2.19. The summed E-state index contributed by atoms with van der Waals surface area (Å²) in [5.74, 6) is 2.10. The molecule has 0 unspecified atom stereocenters. The van der Waals surface area contributed by atoms with Crippen LogP contribution in [-0.2, 0) is 6.54 Å². The fourth-order valence-electron chi connectivity index (χ4n) is 2.68. The monoisotopic (exact) mass is 298 g/mol. The lowest BCUT2D eigenvalue weighted by atomic mass is 10.2. The Morgan fingerprint density at radius 3 is 3.00 bits per heavy atom. The minimum atomic E-state index is 0.596. The number of rotatable bonds is 3. The quantitative estimate of drug-likeness (QED) is 0.846. The molecule has 0 spiro atoms. The van der Waals surface area contributed by atoms with Crippen LogP contribution in [0.15, 0.2) is 22.9 Å². The molecule has 1 saturated heterocycles. The first-order chi connectivity index (χ1) is 10.8. The average Bonchev–Trinajstić information content (AvgIpc) is 2.81. The Morgan fingerprint density at radius 1 is 1.32 bits per heavy atom. The van der Waals surface area contributed by atoms with E-state index >= 15 is 0 Å². The van der Waals surface area contributed by atoms with Crippen molar-refractivity contribution < 1.29 is 4.52 Å². The van der Waals surface area contributed by atoms with Crippen LogP contribution < -0.4 is 4.90 Å². The predicted molar refractivity (Wildman–Crippen MR) is 80.1 cm³/mol. The number of pyridine rings is 1. The van der Waals surface area contributed by atoms with Crippen LogP contribution in [-0.4, -0.2) is 46.2 Å². The summed E-state index contributed by atoms with van der Waals surface area (Å²) >= 11 is 0. The zero-order valence-electron chi connectivity index (χ0n) is 12.6. The van der Waals surface area contributed by atoms with Crippen LogP contribution >= 0.6 is 0 Å². The van der Waals surface area contributed by atoms with E-state index in [0.29, 0.717) is 18.0 Å². The first-order valence-corrected chi connectivity index (χ1v) is 7.38. The van der Waals surface area contributed by atoms with Crippen molar-refractivity contribution in [3.05, 3.63) is 35.6 Å². The third-order valence-electron chi connectivity index (χ3n) is 3.73. The second-order valence-corrected chi connectivity index (χ2v) is 5.33. The van der Waals surface area contributed by atoms with Crippen molar-refractivity contribution in [2.24, 2.45) is 0 Å². The summed E-state index contributed by atoms with van der Waals surface area (Å²) < 4.78 is 5.01. The molecule has 22 heavy (non-hydrogen) atoms. The summed E-state index contributed by atoms with van der Waals surface area (Å²) in [7, 11) is 0. The fraction of sp³-hybridized carbons (Fsp3) is 0.467. The third kappa shape index (κ3) is 3.23. The number of hydrogen-bond acceptors (Lipinski definition) is 7. The molecule has 7 heteroatoms. The number of nitriles is 1. The molecule has 0 aromatic carbocycles. The number of aryl methyl sites for hydroxylation is 1. The van der Waals surface area contributed by atoms with Crippen molar-refractivity contribution >= 4 is 5.82 Å². The van der Waals surface area contributed by atoms with Gasteiger partial charge >= 0.3 is 0 Å². The van der Waals surface area contributed by atoms with E-state index in [1.165, 1.54) is 0 Å². The van der Waals surface area contributed by atoms with Crippen molar-refractivity contribution in [2.75, 3.05) is 31.1 Å². The number of nitrogens with zero attached hydrogens (tertiary/aromatic N) is 6. The lowest BCUT2D eigenvalue weighted by molar-refractivity contribution is 0.272. The SMILES string of the molecule is Cc1nc(CN2CCCN(c3ncccc3C#N)CC2)no1. The van der Waals surface area contributed by atoms with Crippen LogP contribution in [0.5, 0.6) is 0 Å². The minimum Gasteiger partial charge on any atom is -0.354 e. The molecule has 0 bridgehead atoms. The average molecular weight is 298 g/mol. The summed E-state index contributed by atoms with van der Waals surface area (Å²) in [4.78, 5) is 13.1. The van der Waals surface area contributed by atoms with E-state index < -0.39 is 0 Å². The summed E-state index contributed by atoms with van der Waals surface area (Å²) in [5.41, 5.74) is 0.629. The number of anilines is 1. The molecule has 1 aliphatic heterocycles. The minimum absolute atomic E-state index is 0.596. The maximum Gasteiger partial charge on any atom is 0.223 e. The topological polar surface area (TPSA) is 82.1 Å². The largest absolute Gasteiger partial charge is 0.354 e. The molecule has 2 aromatic heterocycles. The molecule has 3 heterocycles. The molecule has 0 saturated carbocycles. The van der Waals surface area contributed by atoms with Crippen LogP contribution in [0.25, 0.3) is 0 Å². The smallest absolute Gasteiger partial charge is 0.223 e. The second-order valence-electron chi connectivity index (χ2n) is 5.33. The molecular weight excluding hydrogens is 280 g/mol. The Hall–Kier alpha value is -2.46. The number of hydrogen-bond donors (Lipinski definition) is 0. The van der Waals surface area contributed by atoms with Gasteiger partial charge in [-0.2, -0.15) is 10.2 Å². The first-order valence-electron chi connectivity index (χ1n) is 7.38. The molecule has 0 amide bonds. The predicted octanol–water partition coefficient (Wildman–Crippen LogP) is 1.36. The normalized spacial score (nSPS) is 16.3. The molecule has 0 radical (unpaired) electrons. The van der Waals surface area contributed by atoms with Gasteiger partial charge in [0.15, 0.2) is 5.82 Å². The van der Waals surface area contributed by atoms with Crippen LogP contribution in [0.1, 0.15) is 23.7 Å². The summed E-state index contributed by atoms with van der Waals surface area (Å²) in [6.45, 7) is 6.08. The summed E-state index contributed by atoms with van der Waals surface area (Å²) in [6, 6.07) is 5.83. The van der Waals surface area contributed by atoms with Crippen molar-refractivity contribution in [2.45, 2.75) is 19.9 Å². The fourth-order valence-corrected chi connectivity index (χ4v) is 2.68. The second kappa shape index (κ2) is 6.54. The third-order valence-corrected chi connectivity index (χ3v) is 3.73. The highest BCUT2D eigenvalue weighted by Crippen LogP contribution is 2.18. The van der Waals surface area contributed by atoms with Gasteiger partial charge in [-0.15, -0.1) is 0 Å². The van der Waals surface area contributed by atoms with Crippen molar-refractivity contribution in [3.8, 4) is 6.07 Å². The van der Waals surface area contributed by atoms with Crippen LogP contribution in [0.4, 0.5) is 5.82 Å². The highest BCUT2D eigenvalue weighted by molar-refractivity contribution is 5.53. The molecule has 0 atom stereocenters. The molecular formula is C15H18N6O. The zero-order valence-corrected chi connectivity index (χ0v) is 12.6. The Balaban J connectivity index is 1.66. The molecule has 0 aliphatic carbocycles. The van der Waals surface area contributed by atoms with Gasteiger partial charge in [0.05, 0.1) is 12.1 Å². The standard InChI is InChI=1S/C15H18N6O/c1-12-18-14(19-22-12)11-20-6-3-7-21(9-8-20)15-13(10-16)4-2-5-17-15/h2,4-5H,3,6-9,11H2,1H3. The van der Waals surface area contributed by atoms with Gasteiger partial charge in [-0.3, -0.25) is 4.90 Å². The van der Waals surface area contributed by atoms with E-state index in [-0.39, 0.29) is 0 Å². The van der Waals surface area contributed by atoms with E-state index in [1.807, 2.05) is 6.07 Å². The Kier molecular flexibility index (Phi) is 4.30. The number of aromatic nitrogens is 3. The lowest BCUT2D eigenvalue weighted by Crippen LogP contribution is -2.31. The van der Waals surface area contributed by atoms with Crippen molar-refractivity contribution in [1.82, 2.24) is 20.0 Å². The van der Waals surface area contributed by atoms with Gasteiger partial charge in [0.1, 0.15) is 11.9 Å². The van der Waals surface area contributed by atoms with Gasteiger partial charge in [0.25, 0.3) is 0 Å². The van der Waals surface area contributed by atoms with Crippen molar-refractivity contribution in [3.63, 3.8) is 0 Å². The van der Waals surface area contributed by atoms with Crippen LogP contribution in [0.2, 0.25) is 0 Å². The molecule has 7 nitrogen and oxygen atoms in total. The lowest BCUT2D eigenvalue weighted by Gasteiger charge is -2.22. The molecule has 1 aliphatic rings. The van der Waals surface area contributed by atoms with Gasteiger partial charge in [-0.05, 0) is 18.6 Å². The Labute approximate surface area is 129 Å².